The highest BCUT2D eigenvalue weighted by Gasteiger charge is 2.37. The van der Waals surface area contributed by atoms with Crippen molar-refractivity contribution >= 4 is 21.4 Å². The number of halogens is 3. The molecule has 0 amide bonds. The number of sulfonamides is 1. The molecule has 1 N–H and O–H groups in total. The number of nitrogens with one attached hydrogen (secondary N) is 1. The molecular weight excluding hydrogens is 413 g/mol. The molecule has 0 aliphatic carbocycles. The Morgan fingerprint density at radius 1 is 1.14 bits per heavy atom. The Bertz CT molecular complexity index is 1070. The van der Waals surface area contributed by atoms with Gasteiger partial charge in [0.05, 0.1) is 0 Å². The molecule has 0 saturated heterocycles. The molecule has 5 nitrogen and oxygen atoms in total. The van der Waals surface area contributed by atoms with Crippen LogP contribution in [0.1, 0.15) is 21.1 Å². The molecule has 3 rings (SSSR count). The second-order valence-corrected chi connectivity index (χ2v) is 9.26. The summed E-state index contributed by atoms with van der Waals surface area (Å²) in [5.41, 5.74) is 0.946. The number of hydrogen-bond donors (Lipinski definition) is 1. The molecule has 3 aromatic rings. The summed E-state index contributed by atoms with van der Waals surface area (Å²) in [5, 5.41) is 3.45. The van der Waals surface area contributed by atoms with Gasteiger partial charge in [0, 0.05) is 27.9 Å². The van der Waals surface area contributed by atoms with Crippen LogP contribution in [0, 0.1) is 13.8 Å². The van der Waals surface area contributed by atoms with E-state index < -0.39 is 22.0 Å². The van der Waals surface area contributed by atoms with E-state index in [0.29, 0.717) is 16.2 Å². The lowest BCUT2D eigenvalue weighted by molar-refractivity contribution is -0.155. The van der Waals surface area contributed by atoms with Crippen molar-refractivity contribution in [2.75, 3.05) is 6.54 Å². The number of hydrogen-bond acceptors (Lipinski definition) is 5. The van der Waals surface area contributed by atoms with Crippen LogP contribution in [0.25, 0.3) is 11.3 Å². The molecule has 0 atom stereocenters. The highest BCUT2D eigenvalue weighted by Crippen LogP contribution is 2.40. The molecule has 0 fully saturated rings. The molecule has 10 heteroatoms. The highest BCUT2D eigenvalue weighted by molar-refractivity contribution is 7.89. The van der Waals surface area contributed by atoms with Crippen LogP contribution in [-0.2, 0) is 22.6 Å². The van der Waals surface area contributed by atoms with E-state index in [1.54, 1.807) is 13.8 Å². The molecular formula is C18H17F3N2O3S2. The standard InChI is InChI=1S/C18H17F3N2O3S2/c1-11-16(14-10-15(26-23-14)18(19,20)21)17(12(2)27-11)28(24,25)22-9-8-13-6-4-3-5-7-13/h3-7,10,22H,8-9H2,1-2H3. The summed E-state index contributed by atoms with van der Waals surface area (Å²) in [4.78, 5) is 0.948. The zero-order chi connectivity index (χ0) is 20.5. The minimum absolute atomic E-state index is 0.0647. The minimum atomic E-state index is -4.70. The third kappa shape index (κ3) is 4.29. The van der Waals surface area contributed by atoms with Crippen LogP contribution < -0.4 is 4.72 Å². The van der Waals surface area contributed by atoms with Crippen LogP contribution in [0.15, 0.2) is 45.8 Å². The predicted molar refractivity (Wildman–Crippen MR) is 99.6 cm³/mol. The van der Waals surface area contributed by atoms with Gasteiger partial charge in [-0.2, -0.15) is 13.2 Å². The second-order valence-electron chi connectivity index (χ2n) is 6.13. The highest BCUT2D eigenvalue weighted by atomic mass is 32.2. The fraction of sp³-hybridized carbons (Fsp3) is 0.278. The summed E-state index contributed by atoms with van der Waals surface area (Å²) in [6, 6.07) is 10.1. The first kappa shape index (κ1) is 20.6. The van der Waals surface area contributed by atoms with E-state index in [1.165, 1.54) is 11.3 Å². The summed E-state index contributed by atoms with van der Waals surface area (Å²) in [7, 11) is -3.95. The van der Waals surface area contributed by atoms with Gasteiger partial charge in [-0.05, 0) is 25.8 Å². The molecule has 0 saturated carbocycles. The molecule has 1 aromatic carbocycles. The van der Waals surface area contributed by atoms with Gasteiger partial charge in [0.15, 0.2) is 0 Å². The molecule has 0 unspecified atom stereocenters. The number of rotatable bonds is 6. The fourth-order valence-corrected chi connectivity index (χ4v) is 5.76. The van der Waals surface area contributed by atoms with Gasteiger partial charge in [-0.3, -0.25) is 0 Å². The molecule has 0 aliphatic rings. The van der Waals surface area contributed by atoms with E-state index in [1.807, 2.05) is 30.3 Å². The van der Waals surface area contributed by atoms with Crippen molar-refractivity contribution in [3.8, 4) is 11.3 Å². The molecule has 2 aromatic heterocycles. The van der Waals surface area contributed by atoms with Crippen molar-refractivity contribution in [1.82, 2.24) is 9.88 Å². The molecule has 28 heavy (non-hydrogen) atoms. The largest absolute Gasteiger partial charge is 0.452 e. The fourth-order valence-electron chi connectivity index (χ4n) is 2.86. The first-order chi connectivity index (χ1) is 13.1. The van der Waals surface area contributed by atoms with Gasteiger partial charge >= 0.3 is 6.18 Å². The van der Waals surface area contributed by atoms with E-state index in [-0.39, 0.29) is 22.7 Å². The molecule has 0 radical (unpaired) electrons. The smallest absolute Gasteiger partial charge is 0.351 e. The number of aryl methyl sites for hydroxylation is 2. The van der Waals surface area contributed by atoms with Gasteiger partial charge in [0.1, 0.15) is 10.6 Å². The van der Waals surface area contributed by atoms with Gasteiger partial charge in [-0.25, -0.2) is 13.1 Å². The average Bonchev–Trinajstić information content (AvgIpc) is 3.19. The Kier molecular flexibility index (Phi) is 5.64. The third-order valence-corrected chi connectivity index (χ3v) is 6.85. The Labute approximate surface area is 164 Å². The Morgan fingerprint density at radius 3 is 2.43 bits per heavy atom. The first-order valence-electron chi connectivity index (χ1n) is 8.27. The van der Waals surface area contributed by atoms with E-state index >= 15 is 0 Å². The first-order valence-corrected chi connectivity index (χ1v) is 10.6. The van der Waals surface area contributed by atoms with E-state index in [0.717, 1.165) is 11.6 Å². The summed E-state index contributed by atoms with van der Waals surface area (Å²) in [5.74, 6) is -1.27. The number of thiophene rings is 1. The van der Waals surface area contributed by atoms with Gasteiger partial charge in [-0.15, -0.1) is 11.3 Å². The average molecular weight is 430 g/mol. The van der Waals surface area contributed by atoms with Gasteiger partial charge in [0.2, 0.25) is 15.8 Å². The number of alkyl halides is 3. The normalized spacial score (nSPS) is 12.5. The molecule has 150 valence electrons. The second kappa shape index (κ2) is 7.69. The van der Waals surface area contributed by atoms with Gasteiger partial charge < -0.3 is 4.52 Å². The molecule has 0 aliphatic heterocycles. The number of nitrogens with zero attached hydrogens (tertiary/aromatic N) is 1. The van der Waals surface area contributed by atoms with Crippen LogP contribution in [0.2, 0.25) is 0 Å². The van der Waals surface area contributed by atoms with Crippen LogP contribution in [0.3, 0.4) is 0 Å². The Hall–Kier alpha value is -2.17. The van der Waals surface area contributed by atoms with Crippen LogP contribution in [0.5, 0.6) is 0 Å². The summed E-state index contributed by atoms with van der Waals surface area (Å²) < 4.78 is 71.1. The van der Waals surface area contributed by atoms with Crippen LogP contribution in [0.4, 0.5) is 13.2 Å². The topological polar surface area (TPSA) is 72.2 Å². The van der Waals surface area contributed by atoms with Crippen molar-refractivity contribution in [1.29, 1.82) is 0 Å². The maximum atomic E-state index is 12.9. The van der Waals surface area contributed by atoms with Crippen molar-refractivity contribution < 1.29 is 26.1 Å². The van der Waals surface area contributed by atoms with Crippen molar-refractivity contribution in [3.63, 3.8) is 0 Å². The van der Waals surface area contributed by atoms with Gasteiger partial charge in [-0.1, -0.05) is 35.5 Å². The SMILES string of the molecule is Cc1sc(C)c(S(=O)(=O)NCCc2ccccc2)c1-c1cc(C(F)(F)F)on1. The number of benzene rings is 1. The molecule has 0 bridgehead atoms. The molecule has 0 spiro atoms. The van der Waals surface area contributed by atoms with E-state index in [4.69, 9.17) is 0 Å². The quantitative estimate of drug-likeness (QED) is 0.622. The minimum Gasteiger partial charge on any atom is -0.351 e. The van der Waals surface area contributed by atoms with Crippen LogP contribution in [-0.4, -0.2) is 20.1 Å². The zero-order valence-corrected chi connectivity index (χ0v) is 16.6. The van der Waals surface area contributed by atoms with Crippen LogP contribution >= 0.6 is 11.3 Å². The summed E-state index contributed by atoms with van der Waals surface area (Å²) in [6.07, 6.45) is -4.21. The lowest BCUT2D eigenvalue weighted by Crippen LogP contribution is -2.26. The van der Waals surface area contributed by atoms with Crippen molar-refractivity contribution in [2.45, 2.75) is 31.3 Å². The predicted octanol–water partition coefficient (Wildman–Crippen LogP) is 4.56. The Balaban J connectivity index is 1.90. The number of aromatic nitrogens is 1. The lowest BCUT2D eigenvalue weighted by atomic mass is 10.1. The maximum absolute atomic E-state index is 12.9. The van der Waals surface area contributed by atoms with E-state index in [2.05, 4.69) is 14.4 Å². The maximum Gasteiger partial charge on any atom is 0.452 e. The monoisotopic (exact) mass is 430 g/mol. The molecule has 2 heterocycles. The summed E-state index contributed by atoms with van der Waals surface area (Å²) in [6.45, 7) is 3.41. The third-order valence-electron chi connectivity index (χ3n) is 4.07. The zero-order valence-electron chi connectivity index (χ0n) is 15.0. The van der Waals surface area contributed by atoms with Crippen molar-refractivity contribution in [3.05, 3.63) is 57.5 Å². The summed E-state index contributed by atoms with van der Waals surface area (Å²) >= 11 is 1.18. The van der Waals surface area contributed by atoms with E-state index in [9.17, 15) is 21.6 Å². The Morgan fingerprint density at radius 2 is 1.82 bits per heavy atom. The van der Waals surface area contributed by atoms with Gasteiger partial charge in [0.25, 0.3) is 0 Å². The lowest BCUT2D eigenvalue weighted by Gasteiger charge is -2.09. The van der Waals surface area contributed by atoms with Crippen molar-refractivity contribution in [2.24, 2.45) is 0 Å².